The number of carbonyl (C=O) groups excluding carboxylic acids is 2. The van der Waals surface area contributed by atoms with Crippen LogP contribution in [0.4, 0.5) is 5.69 Å². The number of nitrogens with one attached hydrogen (secondary N) is 1. The lowest BCUT2D eigenvalue weighted by molar-refractivity contribution is -0.122. The number of anilines is 1. The summed E-state index contributed by atoms with van der Waals surface area (Å²) < 4.78 is 11.5. The Hall–Kier alpha value is -2.46. The molecule has 3 rings (SSSR count). The predicted molar refractivity (Wildman–Crippen MR) is 124 cm³/mol. The molecule has 8 heteroatoms. The molecule has 1 fully saturated rings. The summed E-state index contributed by atoms with van der Waals surface area (Å²) in [5.41, 5.74) is 3.21. The molecule has 1 heterocycles. The molecule has 0 unspecified atom stereocenters. The fraction of sp³-hybridized carbons (Fsp3) is 0.190. The minimum atomic E-state index is -0.536. The maximum absolute atomic E-state index is 13.2. The van der Waals surface area contributed by atoms with Crippen LogP contribution in [-0.2, 0) is 9.59 Å². The number of nitrogens with zero attached hydrogens (tertiary/aromatic N) is 1. The molecule has 0 bridgehead atoms. The second kappa shape index (κ2) is 8.50. The maximum Gasteiger partial charge on any atom is 0.270 e. The van der Waals surface area contributed by atoms with Crippen molar-refractivity contribution in [2.75, 3.05) is 19.1 Å². The van der Waals surface area contributed by atoms with Gasteiger partial charge in [-0.2, -0.15) is 0 Å². The van der Waals surface area contributed by atoms with Gasteiger partial charge in [0.15, 0.2) is 16.6 Å². The first kappa shape index (κ1) is 21.3. The lowest BCUT2D eigenvalue weighted by atomic mass is 10.0. The van der Waals surface area contributed by atoms with Crippen molar-refractivity contribution in [1.29, 1.82) is 0 Å². The van der Waals surface area contributed by atoms with Crippen LogP contribution < -0.4 is 19.7 Å². The minimum absolute atomic E-state index is 0.0115. The fourth-order valence-corrected chi connectivity index (χ4v) is 4.16. The van der Waals surface area contributed by atoms with Crippen LogP contribution in [0.25, 0.3) is 6.08 Å². The summed E-state index contributed by atoms with van der Waals surface area (Å²) in [7, 11) is 3.09. The number of halogens is 1. The van der Waals surface area contributed by atoms with Crippen LogP contribution in [0.3, 0.4) is 0 Å². The fourth-order valence-electron chi connectivity index (χ4n) is 3.04. The molecule has 0 atom stereocenters. The number of benzene rings is 2. The van der Waals surface area contributed by atoms with Crippen LogP contribution in [0.1, 0.15) is 16.7 Å². The first-order valence-corrected chi connectivity index (χ1v) is 10.2. The van der Waals surface area contributed by atoms with Gasteiger partial charge in [-0.25, -0.2) is 0 Å². The summed E-state index contributed by atoms with van der Waals surface area (Å²) in [4.78, 5) is 27.1. The van der Waals surface area contributed by atoms with E-state index < -0.39 is 11.8 Å². The first-order valence-electron chi connectivity index (χ1n) is 8.67. The van der Waals surface area contributed by atoms with Gasteiger partial charge in [-0.05, 0) is 89.6 Å². The highest BCUT2D eigenvalue weighted by molar-refractivity contribution is 14.1. The van der Waals surface area contributed by atoms with Crippen molar-refractivity contribution in [2.45, 2.75) is 13.8 Å². The first-order chi connectivity index (χ1) is 13.8. The molecular formula is C21H19IN2O4S. The summed E-state index contributed by atoms with van der Waals surface area (Å²) in [6.07, 6.45) is 1.53. The van der Waals surface area contributed by atoms with Gasteiger partial charge in [-0.15, -0.1) is 0 Å². The van der Waals surface area contributed by atoms with E-state index in [2.05, 4.69) is 27.9 Å². The van der Waals surface area contributed by atoms with Gasteiger partial charge < -0.3 is 9.47 Å². The van der Waals surface area contributed by atoms with Crippen LogP contribution in [0.2, 0.25) is 0 Å². The minimum Gasteiger partial charge on any atom is -0.493 e. The Morgan fingerprint density at radius 3 is 2.52 bits per heavy atom. The van der Waals surface area contributed by atoms with E-state index in [0.717, 1.165) is 14.7 Å². The van der Waals surface area contributed by atoms with Gasteiger partial charge in [-0.3, -0.25) is 19.8 Å². The molecule has 1 aliphatic heterocycles. The standard InChI is InChI=1S/C21H19IN2O4S/c1-11-6-5-7-16(12(11)2)24-20(26)14(19(25)23-21(24)29)8-13-9-15(22)18(28-4)17(10-13)27-3/h5-10H,1-4H3,(H,23,25,29)/b14-8+. The third-order valence-electron chi connectivity index (χ3n) is 4.69. The quantitative estimate of drug-likeness (QED) is 0.287. The Morgan fingerprint density at radius 1 is 1.14 bits per heavy atom. The zero-order chi connectivity index (χ0) is 21.3. The molecule has 1 aliphatic rings. The van der Waals surface area contributed by atoms with Crippen molar-refractivity contribution < 1.29 is 19.1 Å². The van der Waals surface area contributed by atoms with Crippen LogP contribution in [0, 0.1) is 17.4 Å². The Labute approximate surface area is 188 Å². The van der Waals surface area contributed by atoms with Gasteiger partial charge in [0, 0.05) is 0 Å². The lowest BCUT2D eigenvalue weighted by Crippen LogP contribution is -2.54. The number of aryl methyl sites for hydroxylation is 1. The number of rotatable bonds is 4. The van der Waals surface area contributed by atoms with Crippen molar-refractivity contribution in [3.05, 3.63) is 56.2 Å². The Bertz CT molecular complexity index is 1060. The number of methoxy groups -OCH3 is 2. The highest BCUT2D eigenvalue weighted by atomic mass is 127. The summed E-state index contributed by atoms with van der Waals surface area (Å²) >= 11 is 7.40. The highest BCUT2D eigenvalue weighted by Gasteiger charge is 2.35. The SMILES string of the molecule is COc1cc(/C=C2\C(=O)NC(=S)N(c3cccc(C)c3C)C2=O)cc(I)c1OC. The molecule has 2 amide bonds. The van der Waals surface area contributed by atoms with E-state index in [9.17, 15) is 9.59 Å². The van der Waals surface area contributed by atoms with Crippen LogP contribution in [0.5, 0.6) is 11.5 Å². The molecular weight excluding hydrogens is 503 g/mol. The van der Waals surface area contributed by atoms with Gasteiger partial charge in [-0.1, -0.05) is 12.1 Å². The number of ether oxygens (including phenoxy) is 2. The third-order valence-corrected chi connectivity index (χ3v) is 5.77. The topological polar surface area (TPSA) is 67.9 Å². The molecule has 0 saturated carbocycles. The normalized spacial score (nSPS) is 15.6. The monoisotopic (exact) mass is 522 g/mol. The second-order valence-electron chi connectivity index (χ2n) is 6.42. The molecule has 0 aromatic heterocycles. The number of thiocarbonyl (C=S) groups is 1. The van der Waals surface area contributed by atoms with Crippen molar-refractivity contribution >= 4 is 63.5 Å². The Balaban J connectivity index is 2.09. The predicted octanol–water partition coefficient (Wildman–Crippen LogP) is 3.76. The summed E-state index contributed by atoms with van der Waals surface area (Å²) in [6.45, 7) is 3.87. The van der Waals surface area contributed by atoms with E-state index in [1.807, 2.05) is 32.0 Å². The smallest absolute Gasteiger partial charge is 0.270 e. The van der Waals surface area contributed by atoms with E-state index in [-0.39, 0.29) is 10.7 Å². The van der Waals surface area contributed by atoms with Gasteiger partial charge in [0.25, 0.3) is 11.8 Å². The van der Waals surface area contributed by atoms with Crippen molar-refractivity contribution in [3.63, 3.8) is 0 Å². The van der Waals surface area contributed by atoms with Gasteiger partial charge in [0.2, 0.25) is 0 Å². The van der Waals surface area contributed by atoms with E-state index in [0.29, 0.717) is 22.7 Å². The van der Waals surface area contributed by atoms with Gasteiger partial charge in [0.05, 0.1) is 23.5 Å². The molecule has 2 aromatic rings. The lowest BCUT2D eigenvalue weighted by Gasteiger charge is -2.30. The average molecular weight is 522 g/mol. The van der Waals surface area contributed by atoms with Gasteiger partial charge >= 0.3 is 0 Å². The molecule has 0 aliphatic carbocycles. The maximum atomic E-state index is 13.2. The van der Waals surface area contributed by atoms with Crippen LogP contribution >= 0.6 is 34.8 Å². The number of hydrogen-bond acceptors (Lipinski definition) is 5. The van der Waals surface area contributed by atoms with E-state index >= 15 is 0 Å². The number of amides is 2. The summed E-state index contributed by atoms with van der Waals surface area (Å²) in [5.74, 6) is 0.0910. The van der Waals surface area contributed by atoms with Crippen molar-refractivity contribution in [1.82, 2.24) is 5.32 Å². The Morgan fingerprint density at radius 2 is 1.86 bits per heavy atom. The molecule has 29 heavy (non-hydrogen) atoms. The molecule has 0 spiro atoms. The molecule has 6 nitrogen and oxygen atoms in total. The molecule has 1 N–H and O–H groups in total. The second-order valence-corrected chi connectivity index (χ2v) is 7.96. The zero-order valence-corrected chi connectivity index (χ0v) is 19.3. The van der Waals surface area contributed by atoms with E-state index in [1.54, 1.807) is 19.2 Å². The molecule has 150 valence electrons. The third kappa shape index (κ3) is 3.99. The van der Waals surface area contributed by atoms with Crippen LogP contribution in [-0.4, -0.2) is 31.1 Å². The van der Waals surface area contributed by atoms with Crippen molar-refractivity contribution in [3.8, 4) is 11.5 Å². The largest absolute Gasteiger partial charge is 0.493 e. The summed E-state index contributed by atoms with van der Waals surface area (Å²) in [6, 6.07) is 9.14. The molecule has 1 saturated heterocycles. The van der Waals surface area contributed by atoms with E-state index in [4.69, 9.17) is 21.7 Å². The molecule has 0 radical (unpaired) electrons. The van der Waals surface area contributed by atoms with Crippen molar-refractivity contribution in [2.24, 2.45) is 0 Å². The average Bonchev–Trinajstić information content (AvgIpc) is 2.67. The van der Waals surface area contributed by atoms with E-state index in [1.165, 1.54) is 18.1 Å². The number of hydrogen-bond donors (Lipinski definition) is 1. The highest BCUT2D eigenvalue weighted by Crippen LogP contribution is 2.34. The van der Waals surface area contributed by atoms with Gasteiger partial charge in [0.1, 0.15) is 5.57 Å². The molecule has 2 aromatic carbocycles. The Kier molecular flexibility index (Phi) is 6.23. The number of carbonyl (C=O) groups is 2. The van der Waals surface area contributed by atoms with Crippen LogP contribution in [0.15, 0.2) is 35.9 Å². The summed E-state index contributed by atoms with van der Waals surface area (Å²) in [5, 5.41) is 2.68. The zero-order valence-electron chi connectivity index (χ0n) is 16.3.